The summed E-state index contributed by atoms with van der Waals surface area (Å²) in [6.07, 6.45) is 3.30. The molecule has 23 heavy (non-hydrogen) atoms. The average Bonchev–Trinajstić information content (AvgIpc) is 3.00. The number of ether oxygens (including phenoxy) is 1. The number of hydrogen-bond acceptors (Lipinski definition) is 5. The molecular weight excluding hydrogens is 294 g/mol. The number of fused-ring (bicyclic) bond motifs is 1. The number of hydrogen-bond donors (Lipinski definition) is 1. The molecule has 0 aliphatic rings. The van der Waals surface area contributed by atoms with Gasteiger partial charge in [0.25, 0.3) is 0 Å². The average molecular weight is 311 g/mol. The monoisotopic (exact) mass is 311 g/mol. The van der Waals surface area contributed by atoms with Crippen molar-refractivity contribution in [2.45, 2.75) is 26.3 Å². The predicted molar refractivity (Wildman–Crippen MR) is 86.4 cm³/mol. The number of carbonyl (C=O) groups excluding carboxylic acids is 1. The molecule has 0 saturated heterocycles. The SMILES string of the molecule is CCC(C)n1ncc2c(OC(=O)Nc3ccccc3)ncnc21. The molecule has 118 valence electrons. The fourth-order valence-corrected chi connectivity index (χ4v) is 2.17. The molecule has 2 aromatic heterocycles. The number of para-hydroxylation sites is 1. The van der Waals surface area contributed by atoms with Crippen molar-refractivity contribution in [2.75, 3.05) is 5.32 Å². The molecule has 3 aromatic rings. The second kappa shape index (κ2) is 6.43. The van der Waals surface area contributed by atoms with Crippen molar-refractivity contribution in [3.63, 3.8) is 0 Å². The molecule has 0 aliphatic carbocycles. The molecule has 7 heteroatoms. The molecular formula is C16H17N5O2. The van der Waals surface area contributed by atoms with Gasteiger partial charge in [-0.3, -0.25) is 5.32 Å². The maximum atomic E-state index is 12.0. The van der Waals surface area contributed by atoms with Crippen LogP contribution < -0.4 is 10.1 Å². The van der Waals surface area contributed by atoms with Crippen LogP contribution in [0.5, 0.6) is 5.88 Å². The number of amides is 1. The van der Waals surface area contributed by atoms with Crippen LogP contribution in [0.15, 0.2) is 42.9 Å². The lowest BCUT2D eigenvalue weighted by molar-refractivity contribution is 0.214. The Labute approximate surface area is 133 Å². The number of nitrogens with zero attached hydrogens (tertiary/aromatic N) is 4. The van der Waals surface area contributed by atoms with Crippen LogP contribution in [-0.2, 0) is 0 Å². The third-order valence-electron chi connectivity index (χ3n) is 3.57. The van der Waals surface area contributed by atoms with Crippen molar-refractivity contribution >= 4 is 22.8 Å². The molecule has 1 N–H and O–H groups in total. The lowest BCUT2D eigenvalue weighted by Crippen LogP contribution is -2.17. The van der Waals surface area contributed by atoms with Crippen LogP contribution in [0.1, 0.15) is 26.3 Å². The first-order valence-electron chi connectivity index (χ1n) is 7.41. The molecule has 1 atom stereocenters. The van der Waals surface area contributed by atoms with Gasteiger partial charge in [0.15, 0.2) is 5.65 Å². The van der Waals surface area contributed by atoms with Gasteiger partial charge in [0.1, 0.15) is 11.7 Å². The van der Waals surface area contributed by atoms with Gasteiger partial charge in [0.05, 0.1) is 12.2 Å². The van der Waals surface area contributed by atoms with Crippen LogP contribution in [0, 0.1) is 0 Å². The maximum Gasteiger partial charge on any atom is 0.418 e. The molecule has 0 saturated carbocycles. The minimum absolute atomic E-state index is 0.193. The van der Waals surface area contributed by atoms with E-state index in [0.717, 1.165) is 6.42 Å². The van der Waals surface area contributed by atoms with Gasteiger partial charge in [-0.15, -0.1) is 0 Å². The van der Waals surface area contributed by atoms with E-state index < -0.39 is 6.09 Å². The molecule has 0 bridgehead atoms. The third-order valence-corrected chi connectivity index (χ3v) is 3.57. The summed E-state index contributed by atoms with van der Waals surface area (Å²) < 4.78 is 7.11. The minimum atomic E-state index is -0.604. The molecule has 0 fully saturated rings. The quantitative estimate of drug-likeness (QED) is 0.798. The Hall–Kier alpha value is -2.96. The Morgan fingerprint density at radius 1 is 1.30 bits per heavy atom. The molecule has 2 heterocycles. The van der Waals surface area contributed by atoms with E-state index in [1.54, 1.807) is 23.0 Å². The Morgan fingerprint density at radius 3 is 2.83 bits per heavy atom. The molecule has 1 unspecified atom stereocenters. The van der Waals surface area contributed by atoms with Crippen LogP contribution in [0.3, 0.4) is 0 Å². The van der Waals surface area contributed by atoms with Crippen molar-refractivity contribution in [3.05, 3.63) is 42.9 Å². The Morgan fingerprint density at radius 2 is 2.09 bits per heavy atom. The van der Waals surface area contributed by atoms with E-state index in [1.165, 1.54) is 6.33 Å². The van der Waals surface area contributed by atoms with Crippen LogP contribution in [0.2, 0.25) is 0 Å². The molecule has 3 rings (SSSR count). The fourth-order valence-electron chi connectivity index (χ4n) is 2.17. The lowest BCUT2D eigenvalue weighted by Gasteiger charge is -2.10. The molecule has 1 amide bonds. The van der Waals surface area contributed by atoms with Crippen LogP contribution in [0.25, 0.3) is 11.0 Å². The first-order chi connectivity index (χ1) is 11.2. The molecule has 0 aliphatic heterocycles. The van der Waals surface area contributed by atoms with E-state index in [9.17, 15) is 4.79 Å². The summed E-state index contributed by atoms with van der Waals surface area (Å²) in [5, 5.41) is 7.57. The zero-order chi connectivity index (χ0) is 16.2. The van der Waals surface area contributed by atoms with Gasteiger partial charge in [-0.25, -0.2) is 19.4 Å². The van der Waals surface area contributed by atoms with E-state index >= 15 is 0 Å². The van der Waals surface area contributed by atoms with E-state index in [0.29, 0.717) is 16.7 Å². The fraction of sp³-hybridized carbons (Fsp3) is 0.250. The highest BCUT2D eigenvalue weighted by Gasteiger charge is 2.16. The number of aromatic nitrogens is 4. The van der Waals surface area contributed by atoms with E-state index in [4.69, 9.17) is 4.74 Å². The lowest BCUT2D eigenvalue weighted by atomic mass is 10.3. The highest BCUT2D eigenvalue weighted by Crippen LogP contribution is 2.24. The number of anilines is 1. The molecule has 0 radical (unpaired) electrons. The second-order valence-electron chi connectivity index (χ2n) is 5.14. The van der Waals surface area contributed by atoms with Crippen molar-refractivity contribution in [3.8, 4) is 5.88 Å². The normalized spacial score (nSPS) is 12.1. The van der Waals surface area contributed by atoms with E-state index in [1.807, 2.05) is 18.2 Å². The maximum absolute atomic E-state index is 12.0. The summed E-state index contributed by atoms with van der Waals surface area (Å²) >= 11 is 0. The summed E-state index contributed by atoms with van der Waals surface area (Å²) in [5.74, 6) is 0.193. The largest absolute Gasteiger partial charge is 0.418 e. The van der Waals surface area contributed by atoms with Gasteiger partial charge >= 0.3 is 6.09 Å². The molecule has 7 nitrogen and oxygen atoms in total. The summed E-state index contributed by atoms with van der Waals surface area (Å²) in [7, 11) is 0. The van der Waals surface area contributed by atoms with Gasteiger partial charge in [-0.05, 0) is 25.5 Å². The number of benzene rings is 1. The van der Waals surface area contributed by atoms with Gasteiger partial charge in [-0.2, -0.15) is 5.10 Å². The van der Waals surface area contributed by atoms with Gasteiger partial charge in [-0.1, -0.05) is 25.1 Å². The van der Waals surface area contributed by atoms with Crippen molar-refractivity contribution in [2.24, 2.45) is 0 Å². The van der Waals surface area contributed by atoms with E-state index in [2.05, 4.69) is 34.2 Å². The Kier molecular flexibility index (Phi) is 4.18. The van der Waals surface area contributed by atoms with Crippen LogP contribution in [-0.4, -0.2) is 25.8 Å². The van der Waals surface area contributed by atoms with Gasteiger partial charge in [0, 0.05) is 5.69 Å². The van der Waals surface area contributed by atoms with Crippen molar-refractivity contribution < 1.29 is 9.53 Å². The molecule has 0 spiro atoms. The first kappa shape index (κ1) is 15.0. The highest BCUT2D eigenvalue weighted by molar-refractivity contribution is 5.89. The predicted octanol–water partition coefficient (Wildman–Crippen LogP) is 3.41. The van der Waals surface area contributed by atoms with Crippen molar-refractivity contribution in [1.82, 2.24) is 19.7 Å². The Balaban J connectivity index is 1.83. The summed E-state index contributed by atoms with van der Waals surface area (Å²) in [6.45, 7) is 4.13. The highest BCUT2D eigenvalue weighted by atomic mass is 16.6. The van der Waals surface area contributed by atoms with Crippen LogP contribution >= 0.6 is 0 Å². The minimum Gasteiger partial charge on any atom is -0.390 e. The first-order valence-corrected chi connectivity index (χ1v) is 7.41. The Bertz CT molecular complexity index is 816. The zero-order valence-electron chi connectivity index (χ0n) is 12.9. The summed E-state index contributed by atoms with van der Waals surface area (Å²) in [5.41, 5.74) is 1.30. The smallest absolute Gasteiger partial charge is 0.390 e. The van der Waals surface area contributed by atoms with Gasteiger partial charge in [0.2, 0.25) is 5.88 Å². The van der Waals surface area contributed by atoms with Crippen LogP contribution in [0.4, 0.5) is 10.5 Å². The standard InChI is InChI=1S/C16H17N5O2/c1-3-11(2)21-14-13(9-19-21)15(18-10-17-14)23-16(22)20-12-7-5-4-6-8-12/h4-11H,3H2,1-2H3,(H,20,22). The second-order valence-corrected chi connectivity index (χ2v) is 5.14. The zero-order valence-corrected chi connectivity index (χ0v) is 12.9. The topological polar surface area (TPSA) is 81.9 Å². The molecule has 1 aromatic carbocycles. The summed E-state index contributed by atoms with van der Waals surface area (Å²) in [6, 6.07) is 9.28. The number of nitrogens with one attached hydrogen (secondary N) is 1. The van der Waals surface area contributed by atoms with Gasteiger partial charge < -0.3 is 4.74 Å². The third kappa shape index (κ3) is 3.13. The van der Waals surface area contributed by atoms with E-state index in [-0.39, 0.29) is 11.9 Å². The number of carbonyl (C=O) groups is 1. The van der Waals surface area contributed by atoms with Crippen molar-refractivity contribution in [1.29, 1.82) is 0 Å². The summed E-state index contributed by atoms with van der Waals surface area (Å²) in [4.78, 5) is 20.3. The number of rotatable bonds is 4.